The Hall–Kier alpha value is -1.55. The lowest BCUT2D eigenvalue weighted by molar-refractivity contribution is 0.115. The van der Waals surface area contributed by atoms with Gasteiger partial charge in [0.25, 0.3) is 0 Å². The van der Waals surface area contributed by atoms with Crippen LogP contribution in [0.15, 0.2) is 30.3 Å². The summed E-state index contributed by atoms with van der Waals surface area (Å²) in [6.45, 7) is 3.45. The van der Waals surface area contributed by atoms with Crippen molar-refractivity contribution in [3.8, 4) is 0 Å². The first-order valence-corrected chi connectivity index (χ1v) is 8.33. The van der Waals surface area contributed by atoms with Crippen LogP contribution < -0.4 is 5.32 Å². The first-order chi connectivity index (χ1) is 10.7. The number of epoxide rings is 1. The molecule has 22 heavy (non-hydrogen) atoms. The largest absolute Gasteiger partial charge is 0.445 e. The summed E-state index contributed by atoms with van der Waals surface area (Å²) >= 11 is 0. The second kappa shape index (κ2) is 7.14. The van der Waals surface area contributed by atoms with Crippen molar-refractivity contribution in [3.63, 3.8) is 0 Å². The molecule has 0 spiro atoms. The third kappa shape index (κ3) is 4.01. The molecule has 2 unspecified atom stereocenters. The predicted octanol–water partition coefficient (Wildman–Crippen LogP) is 3.51. The lowest BCUT2D eigenvalue weighted by Crippen LogP contribution is -2.45. The molecule has 2 fully saturated rings. The maximum absolute atomic E-state index is 12.1. The molecule has 0 aromatic heterocycles. The standard InChI is InChI=1S/C18H25NO3/c1-13(17-12-21-17)15-9-5-6-10-16(15)19-18(20)22-11-14-7-3-2-4-8-14/h2-4,7-8,13,15-17H,5-6,9-12H2,1H3,(H,19,20)/t13-,15?,16?,17+/m0/s1. The fourth-order valence-electron chi connectivity index (χ4n) is 3.52. The molecule has 1 aliphatic carbocycles. The molecule has 1 saturated heterocycles. The van der Waals surface area contributed by atoms with Crippen LogP contribution in [0.4, 0.5) is 4.79 Å². The minimum atomic E-state index is -0.301. The van der Waals surface area contributed by atoms with Crippen LogP contribution in [-0.4, -0.2) is 24.8 Å². The number of ether oxygens (including phenoxy) is 2. The molecule has 2 aliphatic rings. The van der Waals surface area contributed by atoms with Gasteiger partial charge in [-0.15, -0.1) is 0 Å². The van der Waals surface area contributed by atoms with Crippen molar-refractivity contribution in [1.82, 2.24) is 5.32 Å². The van der Waals surface area contributed by atoms with E-state index in [1.807, 2.05) is 30.3 Å². The third-order valence-electron chi connectivity index (χ3n) is 4.96. The van der Waals surface area contributed by atoms with Crippen LogP contribution in [0.2, 0.25) is 0 Å². The summed E-state index contributed by atoms with van der Waals surface area (Å²) < 4.78 is 10.8. The zero-order chi connectivity index (χ0) is 15.4. The molecule has 4 heteroatoms. The Balaban J connectivity index is 1.50. The highest BCUT2D eigenvalue weighted by Gasteiger charge is 2.39. The molecule has 120 valence electrons. The number of hydrogen-bond acceptors (Lipinski definition) is 3. The minimum Gasteiger partial charge on any atom is -0.445 e. The van der Waals surface area contributed by atoms with Crippen molar-refractivity contribution in [2.45, 2.75) is 51.4 Å². The number of benzene rings is 1. The summed E-state index contributed by atoms with van der Waals surface area (Å²) in [7, 11) is 0. The Bertz CT molecular complexity index is 486. The van der Waals surface area contributed by atoms with E-state index in [1.165, 1.54) is 19.3 Å². The zero-order valence-corrected chi connectivity index (χ0v) is 13.2. The van der Waals surface area contributed by atoms with E-state index in [0.29, 0.717) is 24.5 Å². The first kappa shape index (κ1) is 15.3. The van der Waals surface area contributed by atoms with Crippen LogP contribution in [0.5, 0.6) is 0 Å². The normalized spacial score (nSPS) is 28.7. The first-order valence-electron chi connectivity index (χ1n) is 8.33. The molecule has 1 amide bonds. The summed E-state index contributed by atoms with van der Waals surface area (Å²) in [5.74, 6) is 1.02. The van der Waals surface area contributed by atoms with Crippen LogP contribution in [0.3, 0.4) is 0 Å². The average Bonchev–Trinajstić information content (AvgIpc) is 3.39. The van der Waals surface area contributed by atoms with Crippen LogP contribution in [0, 0.1) is 11.8 Å². The summed E-state index contributed by atoms with van der Waals surface area (Å²) in [6.07, 6.45) is 4.74. The van der Waals surface area contributed by atoms with Crippen molar-refractivity contribution < 1.29 is 14.3 Å². The number of amides is 1. The minimum absolute atomic E-state index is 0.219. The van der Waals surface area contributed by atoms with Crippen LogP contribution >= 0.6 is 0 Å². The maximum atomic E-state index is 12.1. The number of rotatable bonds is 5. The van der Waals surface area contributed by atoms with E-state index in [9.17, 15) is 4.79 Å². The second-order valence-corrected chi connectivity index (χ2v) is 6.49. The van der Waals surface area contributed by atoms with E-state index in [1.54, 1.807) is 0 Å². The number of carbonyl (C=O) groups excluding carboxylic acids is 1. The number of hydrogen-bond donors (Lipinski definition) is 1. The molecule has 3 rings (SSSR count). The van der Waals surface area contributed by atoms with E-state index in [4.69, 9.17) is 9.47 Å². The predicted molar refractivity (Wildman–Crippen MR) is 84.4 cm³/mol. The fourth-order valence-corrected chi connectivity index (χ4v) is 3.52. The van der Waals surface area contributed by atoms with E-state index in [0.717, 1.165) is 18.6 Å². The van der Waals surface area contributed by atoms with E-state index >= 15 is 0 Å². The van der Waals surface area contributed by atoms with Gasteiger partial charge in [0.15, 0.2) is 0 Å². The molecule has 1 N–H and O–H groups in total. The Morgan fingerprint density at radius 3 is 2.77 bits per heavy atom. The molecule has 4 atom stereocenters. The molecular formula is C18H25NO3. The third-order valence-corrected chi connectivity index (χ3v) is 4.96. The Morgan fingerprint density at radius 2 is 2.05 bits per heavy atom. The molecule has 0 bridgehead atoms. The van der Waals surface area contributed by atoms with Crippen LogP contribution in [0.1, 0.15) is 38.2 Å². The Kier molecular flexibility index (Phi) is 4.98. The highest BCUT2D eigenvalue weighted by Crippen LogP contribution is 2.36. The lowest BCUT2D eigenvalue weighted by Gasteiger charge is -2.35. The zero-order valence-electron chi connectivity index (χ0n) is 13.2. The second-order valence-electron chi connectivity index (χ2n) is 6.49. The van der Waals surface area contributed by atoms with Gasteiger partial charge in [0.05, 0.1) is 12.7 Å². The van der Waals surface area contributed by atoms with Crippen molar-refractivity contribution in [2.24, 2.45) is 11.8 Å². The van der Waals surface area contributed by atoms with Crippen LogP contribution in [-0.2, 0) is 16.1 Å². The quantitative estimate of drug-likeness (QED) is 0.847. The number of alkyl carbamates (subject to hydrolysis) is 1. The molecule has 1 aromatic rings. The Morgan fingerprint density at radius 1 is 1.32 bits per heavy atom. The number of carbonyl (C=O) groups is 1. The SMILES string of the molecule is C[C@@H](C1CCCCC1NC(=O)OCc1ccccc1)[C@H]1CO1. The van der Waals surface area contributed by atoms with Crippen molar-refractivity contribution in [3.05, 3.63) is 35.9 Å². The topological polar surface area (TPSA) is 50.9 Å². The molecule has 4 nitrogen and oxygen atoms in total. The van der Waals surface area contributed by atoms with Crippen molar-refractivity contribution >= 4 is 6.09 Å². The Labute approximate surface area is 132 Å². The summed E-state index contributed by atoms with van der Waals surface area (Å²) in [5, 5.41) is 3.09. The fraction of sp³-hybridized carbons (Fsp3) is 0.611. The van der Waals surface area contributed by atoms with E-state index < -0.39 is 0 Å². The van der Waals surface area contributed by atoms with E-state index in [2.05, 4.69) is 12.2 Å². The highest BCUT2D eigenvalue weighted by atomic mass is 16.6. The summed E-state index contributed by atoms with van der Waals surface area (Å²) in [4.78, 5) is 12.1. The van der Waals surface area contributed by atoms with Gasteiger partial charge in [0.2, 0.25) is 0 Å². The van der Waals surface area contributed by atoms with Gasteiger partial charge < -0.3 is 14.8 Å². The van der Waals surface area contributed by atoms with Gasteiger partial charge in [-0.2, -0.15) is 0 Å². The number of nitrogens with one attached hydrogen (secondary N) is 1. The highest BCUT2D eigenvalue weighted by molar-refractivity contribution is 5.67. The van der Waals surface area contributed by atoms with Gasteiger partial charge in [0, 0.05) is 6.04 Å². The van der Waals surface area contributed by atoms with Crippen molar-refractivity contribution in [2.75, 3.05) is 6.61 Å². The van der Waals surface area contributed by atoms with Gasteiger partial charge in [-0.05, 0) is 30.2 Å². The van der Waals surface area contributed by atoms with Gasteiger partial charge in [-0.25, -0.2) is 4.79 Å². The molecular weight excluding hydrogens is 278 g/mol. The summed E-state index contributed by atoms with van der Waals surface area (Å²) in [6, 6.07) is 10.00. The molecule has 1 aliphatic heterocycles. The van der Waals surface area contributed by atoms with E-state index in [-0.39, 0.29) is 12.1 Å². The van der Waals surface area contributed by atoms with Crippen molar-refractivity contribution in [1.29, 1.82) is 0 Å². The van der Waals surface area contributed by atoms with Gasteiger partial charge in [-0.3, -0.25) is 0 Å². The molecule has 1 saturated carbocycles. The molecule has 1 aromatic carbocycles. The summed E-state index contributed by atoms with van der Waals surface area (Å²) in [5.41, 5.74) is 1.01. The smallest absolute Gasteiger partial charge is 0.407 e. The lowest BCUT2D eigenvalue weighted by atomic mass is 9.76. The molecule has 1 heterocycles. The van der Waals surface area contributed by atoms with Gasteiger partial charge >= 0.3 is 6.09 Å². The average molecular weight is 303 g/mol. The van der Waals surface area contributed by atoms with Crippen LogP contribution in [0.25, 0.3) is 0 Å². The molecule has 0 radical (unpaired) electrons. The van der Waals surface area contributed by atoms with Gasteiger partial charge in [-0.1, -0.05) is 50.1 Å². The maximum Gasteiger partial charge on any atom is 0.407 e. The monoisotopic (exact) mass is 303 g/mol. The van der Waals surface area contributed by atoms with Gasteiger partial charge in [0.1, 0.15) is 6.61 Å².